The van der Waals surface area contributed by atoms with Gasteiger partial charge < -0.3 is 0 Å². The third-order valence-corrected chi connectivity index (χ3v) is 3.37. The standard InChI is InChI=1S/C12H14INO/c13-11-5-3-10(4-6-11)8-14-7-1-2-12(15)9-14/h3-6H,1-2,7-9H2. The van der Waals surface area contributed by atoms with Crippen LogP contribution in [-0.2, 0) is 11.3 Å². The van der Waals surface area contributed by atoms with Gasteiger partial charge in [0.25, 0.3) is 0 Å². The van der Waals surface area contributed by atoms with E-state index in [1.165, 1.54) is 9.13 Å². The van der Waals surface area contributed by atoms with Crippen LogP contribution in [0.1, 0.15) is 18.4 Å². The number of nitrogens with zero attached hydrogens (tertiary/aromatic N) is 1. The maximum Gasteiger partial charge on any atom is 0.146 e. The van der Waals surface area contributed by atoms with Crippen molar-refractivity contribution in [2.24, 2.45) is 0 Å². The van der Waals surface area contributed by atoms with E-state index < -0.39 is 0 Å². The summed E-state index contributed by atoms with van der Waals surface area (Å²) in [7, 11) is 0. The van der Waals surface area contributed by atoms with Crippen LogP contribution in [0.25, 0.3) is 0 Å². The molecule has 2 nitrogen and oxygen atoms in total. The molecule has 1 fully saturated rings. The molecule has 0 radical (unpaired) electrons. The quantitative estimate of drug-likeness (QED) is 0.782. The van der Waals surface area contributed by atoms with Crippen molar-refractivity contribution in [2.75, 3.05) is 13.1 Å². The van der Waals surface area contributed by atoms with Gasteiger partial charge >= 0.3 is 0 Å². The Kier molecular flexibility index (Phi) is 3.75. The number of piperidine rings is 1. The number of rotatable bonds is 2. The third kappa shape index (κ3) is 3.28. The number of likely N-dealkylation sites (tertiary alicyclic amines) is 1. The van der Waals surface area contributed by atoms with E-state index in [1.54, 1.807) is 0 Å². The largest absolute Gasteiger partial charge is 0.298 e. The molecular weight excluding hydrogens is 301 g/mol. The fourth-order valence-corrected chi connectivity index (χ4v) is 2.25. The van der Waals surface area contributed by atoms with Gasteiger partial charge in [-0.2, -0.15) is 0 Å². The predicted molar refractivity (Wildman–Crippen MR) is 68.7 cm³/mol. The van der Waals surface area contributed by atoms with Crippen molar-refractivity contribution < 1.29 is 4.79 Å². The summed E-state index contributed by atoms with van der Waals surface area (Å²) in [6.07, 6.45) is 1.78. The molecule has 3 heteroatoms. The van der Waals surface area contributed by atoms with Crippen molar-refractivity contribution in [3.8, 4) is 0 Å². The highest BCUT2D eigenvalue weighted by Gasteiger charge is 2.16. The Morgan fingerprint density at radius 3 is 2.67 bits per heavy atom. The molecule has 0 spiro atoms. The summed E-state index contributed by atoms with van der Waals surface area (Å²) in [5.74, 6) is 0.381. The van der Waals surface area contributed by atoms with Crippen molar-refractivity contribution in [3.63, 3.8) is 0 Å². The highest BCUT2D eigenvalue weighted by molar-refractivity contribution is 14.1. The lowest BCUT2D eigenvalue weighted by molar-refractivity contribution is -0.122. The summed E-state index contributed by atoms with van der Waals surface area (Å²) in [6, 6.07) is 8.50. The Morgan fingerprint density at radius 2 is 2.00 bits per heavy atom. The van der Waals surface area contributed by atoms with Gasteiger partial charge in [0.15, 0.2) is 0 Å². The van der Waals surface area contributed by atoms with Gasteiger partial charge in [0.1, 0.15) is 5.78 Å². The lowest BCUT2D eigenvalue weighted by Gasteiger charge is -2.25. The first-order valence-electron chi connectivity index (χ1n) is 5.22. The van der Waals surface area contributed by atoms with Crippen molar-refractivity contribution in [1.29, 1.82) is 0 Å². The fraction of sp³-hybridized carbons (Fsp3) is 0.417. The fourth-order valence-electron chi connectivity index (χ4n) is 1.89. The monoisotopic (exact) mass is 315 g/mol. The Labute approximate surface area is 104 Å². The van der Waals surface area contributed by atoms with Gasteiger partial charge in [0.05, 0.1) is 6.54 Å². The second-order valence-electron chi connectivity index (χ2n) is 3.98. The molecule has 0 N–H and O–H groups in total. The zero-order valence-corrected chi connectivity index (χ0v) is 10.7. The molecule has 1 aliphatic heterocycles. The average Bonchev–Trinajstić information content (AvgIpc) is 2.22. The molecule has 0 aliphatic carbocycles. The average molecular weight is 315 g/mol. The molecule has 1 aliphatic rings. The molecule has 0 bridgehead atoms. The minimum Gasteiger partial charge on any atom is -0.298 e. The first kappa shape index (κ1) is 11.1. The van der Waals surface area contributed by atoms with Gasteiger partial charge in [-0.05, 0) is 53.3 Å². The Bertz CT molecular complexity index is 347. The molecule has 1 aromatic rings. The summed E-state index contributed by atoms with van der Waals surface area (Å²) >= 11 is 2.30. The van der Waals surface area contributed by atoms with E-state index in [4.69, 9.17) is 0 Å². The zero-order chi connectivity index (χ0) is 10.7. The number of carbonyl (C=O) groups is 1. The molecule has 80 valence electrons. The molecule has 0 aromatic heterocycles. The van der Waals surface area contributed by atoms with E-state index >= 15 is 0 Å². The summed E-state index contributed by atoms with van der Waals surface area (Å²) in [5, 5.41) is 0. The summed E-state index contributed by atoms with van der Waals surface area (Å²) in [6.45, 7) is 2.59. The van der Waals surface area contributed by atoms with Crippen LogP contribution in [0.4, 0.5) is 0 Å². The lowest BCUT2D eigenvalue weighted by Crippen LogP contribution is -2.34. The number of hydrogen-bond donors (Lipinski definition) is 0. The zero-order valence-electron chi connectivity index (χ0n) is 8.58. The van der Waals surface area contributed by atoms with E-state index in [2.05, 4.69) is 51.8 Å². The number of carbonyl (C=O) groups excluding carboxylic acids is 1. The first-order chi connectivity index (χ1) is 7.24. The lowest BCUT2D eigenvalue weighted by atomic mass is 10.1. The molecule has 1 aromatic carbocycles. The van der Waals surface area contributed by atoms with E-state index in [9.17, 15) is 4.79 Å². The van der Waals surface area contributed by atoms with Crippen LogP contribution in [-0.4, -0.2) is 23.8 Å². The van der Waals surface area contributed by atoms with Crippen LogP contribution in [0.3, 0.4) is 0 Å². The van der Waals surface area contributed by atoms with Crippen molar-refractivity contribution in [2.45, 2.75) is 19.4 Å². The number of Topliss-reactive ketones (excluding diaryl/α,β-unsaturated/α-hetero) is 1. The van der Waals surface area contributed by atoms with Gasteiger partial charge in [-0.3, -0.25) is 9.69 Å². The van der Waals surface area contributed by atoms with E-state index in [1.807, 2.05) is 0 Å². The van der Waals surface area contributed by atoms with E-state index in [0.29, 0.717) is 12.3 Å². The number of ketones is 1. The SMILES string of the molecule is O=C1CCCN(Cc2ccc(I)cc2)C1. The first-order valence-corrected chi connectivity index (χ1v) is 6.30. The Hall–Kier alpha value is -0.420. The van der Waals surface area contributed by atoms with E-state index in [0.717, 1.165) is 25.9 Å². The van der Waals surface area contributed by atoms with Gasteiger partial charge in [-0.1, -0.05) is 12.1 Å². The van der Waals surface area contributed by atoms with Gasteiger partial charge in [0.2, 0.25) is 0 Å². The molecule has 0 atom stereocenters. The maximum atomic E-state index is 11.3. The highest BCUT2D eigenvalue weighted by Crippen LogP contribution is 2.12. The van der Waals surface area contributed by atoms with Crippen molar-refractivity contribution in [3.05, 3.63) is 33.4 Å². The van der Waals surface area contributed by atoms with E-state index in [-0.39, 0.29) is 0 Å². The van der Waals surface area contributed by atoms with Crippen LogP contribution in [0, 0.1) is 3.57 Å². The molecular formula is C12H14INO. The van der Waals surface area contributed by atoms with Crippen LogP contribution >= 0.6 is 22.6 Å². The minimum absolute atomic E-state index is 0.381. The Balaban J connectivity index is 1.96. The molecule has 0 saturated carbocycles. The van der Waals surface area contributed by atoms with Gasteiger partial charge in [-0.25, -0.2) is 0 Å². The normalized spacial score (nSPS) is 18.1. The number of halogens is 1. The minimum atomic E-state index is 0.381. The van der Waals surface area contributed by atoms with Crippen LogP contribution in [0.2, 0.25) is 0 Å². The van der Waals surface area contributed by atoms with Gasteiger partial charge in [-0.15, -0.1) is 0 Å². The summed E-state index contributed by atoms with van der Waals surface area (Å²) in [4.78, 5) is 13.5. The molecule has 0 amide bonds. The predicted octanol–water partition coefficient (Wildman–Crippen LogP) is 2.46. The van der Waals surface area contributed by atoms with Crippen molar-refractivity contribution in [1.82, 2.24) is 4.90 Å². The van der Waals surface area contributed by atoms with Crippen molar-refractivity contribution >= 4 is 28.4 Å². The topological polar surface area (TPSA) is 20.3 Å². The molecule has 1 saturated heterocycles. The molecule has 2 rings (SSSR count). The maximum absolute atomic E-state index is 11.3. The second-order valence-corrected chi connectivity index (χ2v) is 5.22. The third-order valence-electron chi connectivity index (χ3n) is 2.65. The van der Waals surface area contributed by atoms with Crippen LogP contribution in [0.5, 0.6) is 0 Å². The Morgan fingerprint density at radius 1 is 1.27 bits per heavy atom. The second kappa shape index (κ2) is 5.07. The van der Waals surface area contributed by atoms with Crippen LogP contribution in [0.15, 0.2) is 24.3 Å². The molecule has 1 heterocycles. The van der Waals surface area contributed by atoms with Gasteiger partial charge in [0, 0.05) is 16.5 Å². The number of hydrogen-bond acceptors (Lipinski definition) is 2. The molecule has 0 unspecified atom stereocenters. The summed E-state index contributed by atoms with van der Waals surface area (Å²) in [5.41, 5.74) is 1.30. The summed E-state index contributed by atoms with van der Waals surface area (Å²) < 4.78 is 1.26. The number of benzene rings is 1. The van der Waals surface area contributed by atoms with Crippen LogP contribution < -0.4 is 0 Å². The highest BCUT2D eigenvalue weighted by atomic mass is 127. The molecule has 15 heavy (non-hydrogen) atoms. The smallest absolute Gasteiger partial charge is 0.146 e.